The second-order valence-electron chi connectivity index (χ2n) is 4.56. The van der Waals surface area contributed by atoms with E-state index in [9.17, 15) is 13.2 Å². The number of nitrogens with two attached hydrogens (primary N) is 1. The molecule has 20 heavy (non-hydrogen) atoms. The number of aromatic nitrogens is 3. The maximum Gasteiger partial charge on any atom is 0.417 e. The van der Waals surface area contributed by atoms with Gasteiger partial charge in [0.2, 0.25) is 0 Å². The molecule has 3 rings (SSSR count). The molecular weight excluding hydrogens is 269 g/mol. The van der Waals surface area contributed by atoms with Crippen LogP contribution in [0, 0.1) is 0 Å². The molecule has 0 atom stereocenters. The SMILES string of the molecule is Cn1cc(-c2cc(N)n[nH]2)c2c(C(F)(F)F)cccc21. The van der Waals surface area contributed by atoms with E-state index >= 15 is 0 Å². The Kier molecular flexibility index (Phi) is 2.53. The molecule has 0 amide bonds. The maximum atomic E-state index is 13.2. The van der Waals surface area contributed by atoms with Crippen molar-refractivity contribution in [1.29, 1.82) is 0 Å². The van der Waals surface area contributed by atoms with E-state index in [0.29, 0.717) is 16.8 Å². The van der Waals surface area contributed by atoms with Gasteiger partial charge in [-0.2, -0.15) is 18.3 Å². The number of rotatable bonds is 1. The lowest BCUT2D eigenvalue weighted by molar-refractivity contribution is -0.136. The number of alkyl halides is 3. The number of nitrogens with one attached hydrogen (secondary N) is 1. The number of benzene rings is 1. The van der Waals surface area contributed by atoms with Gasteiger partial charge < -0.3 is 10.3 Å². The average Bonchev–Trinajstić information content (AvgIpc) is 2.93. The minimum absolute atomic E-state index is 0.145. The van der Waals surface area contributed by atoms with E-state index in [2.05, 4.69) is 10.2 Å². The predicted molar refractivity (Wildman–Crippen MR) is 69.9 cm³/mol. The second-order valence-corrected chi connectivity index (χ2v) is 4.56. The van der Waals surface area contributed by atoms with E-state index in [4.69, 9.17) is 5.73 Å². The van der Waals surface area contributed by atoms with Crippen molar-refractivity contribution >= 4 is 16.7 Å². The molecule has 0 fully saturated rings. The number of hydrogen-bond donors (Lipinski definition) is 2. The molecule has 0 aliphatic rings. The summed E-state index contributed by atoms with van der Waals surface area (Å²) in [7, 11) is 1.70. The van der Waals surface area contributed by atoms with Crippen molar-refractivity contribution in [3.63, 3.8) is 0 Å². The second kappa shape index (κ2) is 4.03. The number of nitrogens with zero attached hydrogens (tertiary/aromatic N) is 2. The van der Waals surface area contributed by atoms with E-state index in [-0.39, 0.29) is 11.2 Å². The van der Waals surface area contributed by atoms with Crippen LogP contribution in [-0.2, 0) is 13.2 Å². The van der Waals surface area contributed by atoms with E-state index < -0.39 is 11.7 Å². The Balaban J connectivity index is 2.38. The molecule has 0 spiro atoms. The summed E-state index contributed by atoms with van der Waals surface area (Å²) in [6.45, 7) is 0. The number of fused-ring (bicyclic) bond motifs is 1. The zero-order valence-electron chi connectivity index (χ0n) is 10.5. The summed E-state index contributed by atoms with van der Waals surface area (Å²) in [5.41, 5.74) is 6.25. The van der Waals surface area contributed by atoms with Gasteiger partial charge in [-0.1, -0.05) is 6.07 Å². The molecule has 0 radical (unpaired) electrons. The molecule has 4 nitrogen and oxygen atoms in total. The van der Waals surface area contributed by atoms with Crippen molar-refractivity contribution in [2.24, 2.45) is 7.05 Å². The number of nitrogen functional groups attached to an aromatic ring is 1. The fourth-order valence-electron chi connectivity index (χ4n) is 2.36. The molecule has 7 heteroatoms. The van der Waals surface area contributed by atoms with Gasteiger partial charge in [0.1, 0.15) is 5.82 Å². The van der Waals surface area contributed by atoms with Gasteiger partial charge in [0.05, 0.1) is 11.3 Å². The largest absolute Gasteiger partial charge is 0.417 e. The monoisotopic (exact) mass is 280 g/mol. The van der Waals surface area contributed by atoms with Gasteiger partial charge in [0, 0.05) is 35.8 Å². The minimum Gasteiger partial charge on any atom is -0.382 e. The molecule has 0 saturated carbocycles. The van der Waals surface area contributed by atoms with Gasteiger partial charge in [-0.05, 0) is 12.1 Å². The van der Waals surface area contributed by atoms with Crippen LogP contribution < -0.4 is 5.73 Å². The van der Waals surface area contributed by atoms with E-state index in [1.807, 2.05) is 0 Å². The Morgan fingerprint density at radius 1 is 1.30 bits per heavy atom. The number of hydrogen-bond acceptors (Lipinski definition) is 2. The predicted octanol–water partition coefficient (Wildman–Crippen LogP) is 3.17. The number of anilines is 1. The molecule has 1 aromatic carbocycles. The first kappa shape index (κ1) is 12.6. The molecule has 3 N–H and O–H groups in total. The van der Waals surface area contributed by atoms with Crippen LogP contribution in [0.4, 0.5) is 19.0 Å². The summed E-state index contributed by atoms with van der Waals surface area (Å²) in [5.74, 6) is 0.237. The van der Waals surface area contributed by atoms with Gasteiger partial charge in [-0.3, -0.25) is 5.10 Å². The lowest BCUT2D eigenvalue weighted by Gasteiger charge is -2.09. The number of H-pyrrole nitrogens is 1. The molecule has 0 aliphatic carbocycles. The zero-order valence-corrected chi connectivity index (χ0v) is 10.5. The van der Waals surface area contributed by atoms with Gasteiger partial charge in [0.25, 0.3) is 0 Å². The zero-order chi connectivity index (χ0) is 14.5. The summed E-state index contributed by atoms with van der Waals surface area (Å²) in [4.78, 5) is 0. The van der Waals surface area contributed by atoms with Crippen molar-refractivity contribution in [3.05, 3.63) is 36.0 Å². The van der Waals surface area contributed by atoms with Crippen molar-refractivity contribution < 1.29 is 13.2 Å². The summed E-state index contributed by atoms with van der Waals surface area (Å²) in [6, 6.07) is 5.64. The van der Waals surface area contributed by atoms with Crippen LogP contribution >= 0.6 is 0 Å². The lowest BCUT2D eigenvalue weighted by atomic mass is 10.0. The lowest BCUT2D eigenvalue weighted by Crippen LogP contribution is -2.05. The van der Waals surface area contributed by atoms with Crippen LogP contribution in [0.1, 0.15) is 5.56 Å². The molecule has 0 bridgehead atoms. The normalized spacial score (nSPS) is 12.2. The highest BCUT2D eigenvalue weighted by atomic mass is 19.4. The third-order valence-corrected chi connectivity index (χ3v) is 3.21. The molecule has 2 heterocycles. The van der Waals surface area contributed by atoms with Crippen molar-refractivity contribution in [2.45, 2.75) is 6.18 Å². The van der Waals surface area contributed by atoms with Crippen LogP contribution in [0.5, 0.6) is 0 Å². The van der Waals surface area contributed by atoms with Gasteiger partial charge in [-0.15, -0.1) is 0 Å². The van der Waals surface area contributed by atoms with E-state index in [1.54, 1.807) is 23.9 Å². The van der Waals surface area contributed by atoms with Crippen LogP contribution in [0.2, 0.25) is 0 Å². The molecule has 3 aromatic rings. The Labute approximate surface area is 112 Å². The molecule has 0 unspecified atom stereocenters. The molecule has 2 aromatic heterocycles. The topological polar surface area (TPSA) is 59.6 Å². The number of aryl methyl sites for hydroxylation is 1. The molecule has 104 valence electrons. The Bertz CT molecular complexity index is 783. The number of halogens is 3. The van der Waals surface area contributed by atoms with Crippen LogP contribution in [0.3, 0.4) is 0 Å². The third-order valence-electron chi connectivity index (χ3n) is 3.21. The van der Waals surface area contributed by atoms with Gasteiger partial charge in [0.15, 0.2) is 0 Å². The molecular formula is C13H11F3N4. The maximum absolute atomic E-state index is 13.2. The van der Waals surface area contributed by atoms with E-state index in [0.717, 1.165) is 6.07 Å². The number of aromatic amines is 1. The summed E-state index contributed by atoms with van der Waals surface area (Å²) >= 11 is 0. The first-order valence-corrected chi connectivity index (χ1v) is 5.84. The fourth-order valence-corrected chi connectivity index (χ4v) is 2.36. The first-order valence-electron chi connectivity index (χ1n) is 5.84. The highest BCUT2D eigenvalue weighted by Crippen LogP contribution is 2.40. The highest BCUT2D eigenvalue weighted by Gasteiger charge is 2.34. The summed E-state index contributed by atoms with van der Waals surface area (Å²) < 4.78 is 41.2. The van der Waals surface area contributed by atoms with E-state index in [1.165, 1.54) is 12.1 Å². The smallest absolute Gasteiger partial charge is 0.382 e. The Hall–Kier alpha value is -2.44. The summed E-state index contributed by atoms with van der Waals surface area (Å²) in [5, 5.41) is 6.56. The highest BCUT2D eigenvalue weighted by molar-refractivity contribution is 5.98. The van der Waals surface area contributed by atoms with Crippen LogP contribution in [0.15, 0.2) is 30.5 Å². The van der Waals surface area contributed by atoms with Crippen molar-refractivity contribution in [3.8, 4) is 11.3 Å². The van der Waals surface area contributed by atoms with Crippen LogP contribution in [-0.4, -0.2) is 14.8 Å². The Morgan fingerprint density at radius 3 is 2.65 bits per heavy atom. The summed E-state index contributed by atoms with van der Waals surface area (Å²) in [6.07, 6.45) is -2.78. The van der Waals surface area contributed by atoms with Crippen molar-refractivity contribution in [1.82, 2.24) is 14.8 Å². The van der Waals surface area contributed by atoms with Gasteiger partial charge >= 0.3 is 6.18 Å². The quantitative estimate of drug-likeness (QED) is 0.719. The molecule has 0 saturated heterocycles. The average molecular weight is 280 g/mol. The third kappa shape index (κ3) is 1.82. The first-order chi connectivity index (χ1) is 9.38. The minimum atomic E-state index is -4.42. The fraction of sp³-hybridized carbons (Fsp3) is 0.154. The molecule has 0 aliphatic heterocycles. The van der Waals surface area contributed by atoms with Crippen molar-refractivity contribution in [2.75, 3.05) is 5.73 Å². The Morgan fingerprint density at radius 2 is 2.05 bits per heavy atom. The van der Waals surface area contributed by atoms with Gasteiger partial charge in [-0.25, -0.2) is 0 Å². The standard InChI is InChI=1S/C13H11F3N4/c1-20-6-7(9-5-11(17)19-18-9)12-8(13(14,15)16)3-2-4-10(12)20/h2-6H,1H3,(H3,17,18,19). The van der Waals surface area contributed by atoms with Crippen LogP contribution in [0.25, 0.3) is 22.2 Å².